The van der Waals surface area contributed by atoms with Gasteiger partial charge in [-0.25, -0.2) is 4.98 Å². The lowest BCUT2D eigenvalue weighted by atomic mass is 9.94. The molecule has 2 aromatic heterocycles. The van der Waals surface area contributed by atoms with Crippen LogP contribution >= 0.6 is 11.6 Å². The summed E-state index contributed by atoms with van der Waals surface area (Å²) in [5, 5.41) is 13.9. The highest BCUT2D eigenvalue weighted by molar-refractivity contribution is 6.34. The maximum absolute atomic E-state index is 6.19. The average Bonchev–Trinajstić information content (AvgIpc) is 3.13. The molecule has 5 rings (SSSR count). The van der Waals surface area contributed by atoms with E-state index in [1.54, 1.807) is 0 Å². The predicted octanol–water partition coefficient (Wildman–Crippen LogP) is 6.20. The molecule has 144 valence electrons. The molecule has 0 spiro atoms. The second kappa shape index (κ2) is 7.01. The van der Waals surface area contributed by atoms with Crippen molar-refractivity contribution in [3.8, 4) is 0 Å². The highest BCUT2D eigenvalue weighted by Crippen LogP contribution is 2.33. The van der Waals surface area contributed by atoms with Crippen LogP contribution in [0.1, 0.15) is 20.3 Å². The van der Waals surface area contributed by atoms with Gasteiger partial charge in [-0.2, -0.15) is 0 Å². The summed E-state index contributed by atoms with van der Waals surface area (Å²) < 4.78 is 2.21. The molecule has 0 fully saturated rings. The van der Waals surface area contributed by atoms with Gasteiger partial charge in [0.05, 0.1) is 11.0 Å². The summed E-state index contributed by atoms with van der Waals surface area (Å²) in [4.78, 5) is 4.65. The first-order chi connectivity index (χ1) is 14.1. The number of hydrogen-bond acceptors (Lipinski definition) is 4. The standard InChI is InChI=1S/C23H20ClN5/c1-14-6-5-7-15(2)21(14)29-13-25-19-12-16(10-11-20(19)29)26-23-18-9-4-3-8-17(18)22(24)27-28-23/h3-6,8-13,15H,7H2,1-2H3,(H,26,28). The van der Waals surface area contributed by atoms with E-state index in [0.29, 0.717) is 16.9 Å². The molecular weight excluding hydrogens is 382 g/mol. The number of aromatic nitrogens is 4. The Kier molecular flexibility index (Phi) is 4.32. The van der Waals surface area contributed by atoms with Crippen LogP contribution < -0.4 is 5.32 Å². The Balaban J connectivity index is 1.54. The molecule has 2 heterocycles. The van der Waals surface area contributed by atoms with Crippen molar-refractivity contribution < 1.29 is 0 Å². The van der Waals surface area contributed by atoms with Crippen LogP contribution in [-0.4, -0.2) is 19.7 Å². The Morgan fingerprint density at radius 3 is 2.76 bits per heavy atom. The summed E-state index contributed by atoms with van der Waals surface area (Å²) in [6.45, 7) is 4.42. The summed E-state index contributed by atoms with van der Waals surface area (Å²) >= 11 is 6.19. The molecule has 1 aliphatic carbocycles. The number of nitrogens with zero attached hydrogens (tertiary/aromatic N) is 4. The number of anilines is 2. The van der Waals surface area contributed by atoms with E-state index in [-0.39, 0.29) is 0 Å². The summed E-state index contributed by atoms with van der Waals surface area (Å²) in [7, 11) is 0. The van der Waals surface area contributed by atoms with Crippen molar-refractivity contribution in [2.24, 2.45) is 5.92 Å². The Bertz CT molecular complexity index is 1300. The summed E-state index contributed by atoms with van der Waals surface area (Å²) in [6, 6.07) is 14.0. The van der Waals surface area contributed by atoms with Gasteiger partial charge in [0.25, 0.3) is 0 Å². The van der Waals surface area contributed by atoms with Gasteiger partial charge >= 0.3 is 0 Å². The monoisotopic (exact) mass is 401 g/mol. The fraction of sp³-hybridized carbons (Fsp3) is 0.174. The molecule has 0 saturated heterocycles. The Labute approximate surface area is 173 Å². The molecule has 0 aliphatic heterocycles. The van der Waals surface area contributed by atoms with E-state index in [1.807, 2.05) is 42.7 Å². The van der Waals surface area contributed by atoms with Gasteiger partial charge in [-0.3, -0.25) is 0 Å². The second-order valence-electron chi connectivity index (χ2n) is 7.44. The van der Waals surface area contributed by atoms with Gasteiger partial charge in [0, 0.05) is 28.1 Å². The van der Waals surface area contributed by atoms with Crippen LogP contribution in [0.4, 0.5) is 11.5 Å². The Morgan fingerprint density at radius 1 is 1.10 bits per heavy atom. The van der Waals surface area contributed by atoms with Gasteiger partial charge in [0.15, 0.2) is 11.0 Å². The highest BCUT2D eigenvalue weighted by Gasteiger charge is 2.18. The van der Waals surface area contributed by atoms with Gasteiger partial charge < -0.3 is 9.88 Å². The lowest BCUT2D eigenvalue weighted by Crippen LogP contribution is -2.09. The maximum atomic E-state index is 6.19. The molecule has 2 aromatic carbocycles. The fourth-order valence-electron chi connectivity index (χ4n) is 4.04. The molecule has 5 nitrogen and oxygen atoms in total. The molecular formula is C23H20ClN5. The van der Waals surface area contributed by atoms with E-state index in [9.17, 15) is 0 Å². The number of allylic oxidation sites excluding steroid dienone is 4. The third-order valence-corrected chi connectivity index (χ3v) is 5.72. The number of halogens is 1. The number of nitrogens with one attached hydrogen (secondary N) is 1. The van der Waals surface area contributed by atoms with E-state index in [2.05, 4.69) is 57.1 Å². The summed E-state index contributed by atoms with van der Waals surface area (Å²) in [5.74, 6) is 1.14. The lowest BCUT2D eigenvalue weighted by Gasteiger charge is -2.22. The fourth-order valence-corrected chi connectivity index (χ4v) is 4.25. The second-order valence-corrected chi connectivity index (χ2v) is 7.79. The average molecular weight is 402 g/mol. The van der Waals surface area contributed by atoms with Gasteiger partial charge in [-0.1, -0.05) is 54.9 Å². The molecule has 1 unspecified atom stereocenters. The molecule has 1 N–H and O–H groups in total. The zero-order chi connectivity index (χ0) is 20.0. The van der Waals surface area contributed by atoms with Crippen molar-refractivity contribution in [3.05, 3.63) is 71.7 Å². The zero-order valence-corrected chi connectivity index (χ0v) is 17.0. The minimum atomic E-state index is 0.402. The van der Waals surface area contributed by atoms with Crippen LogP contribution in [0.25, 0.3) is 27.5 Å². The van der Waals surface area contributed by atoms with Crippen LogP contribution in [-0.2, 0) is 0 Å². The lowest BCUT2D eigenvalue weighted by molar-refractivity contribution is 0.711. The molecule has 4 aromatic rings. The molecule has 0 radical (unpaired) electrons. The third-order valence-electron chi connectivity index (χ3n) is 5.44. The Hall–Kier alpha value is -3.18. The molecule has 6 heteroatoms. The van der Waals surface area contributed by atoms with E-state index in [1.165, 1.54) is 11.3 Å². The summed E-state index contributed by atoms with van der Waals surface area (Å²) in [5.41, 5.74) is 5.53. The largest absolute Gasteiger partial charge is 0.338 e. The van der Waals surface area contributed by atoms with Crippen molar-refractivity contribution in [1.82, 2.24) is 19.7 Å². The van der Waals surface area contributed by atoms with Crippen molar-refractivity contribution in [2.45, 2.75) is 20.3 Å². The van der Waals surface area contributed by atoms with Crippen molar-refractivity contribution in [2.75, 3.05) is 5.32 Å². The van der Waals surface area contributed by atoms with Crippen LogP contribution in [0.2, 0.25) is 5.15 Å². The number of fused-ring (bicyclic) bond motifs is 2. The third kappa shape index (κ3) is 3.08. The van der Waals surface area contributed by atoms with Gasteiger partial charge in [0.2, 0.25) is 0 Å². The number of hydrogen-bond donors (Lipinski definition) is 1. The molecule has 0 amide bonds. The predicted molar refractivity (Wildman–Crippen MR) is 119 cm³/mol. The van der Waals surface area contributed by atoms with Crippen molar-refractivity contribution >= 4 is 50.6 Å². The zero-order valence-electron chi connectivity index (χ0n) is 16.2. The number of rotatable bonds is 3. The SMILES string of the molecule is CC1=C(n2cnc3cc(Nc4nnc(Cl)c5ccccc45)ccc32)C(C)CC=C1. The summed E-state index contributed by atoms with van der Waals surface area (Å²) in [6.07, 6.45) is 7.40. The first-order valence-corrected chi connectivity index (χ1v) is 10.0. The number of imidazole rings is 1. The van der Waals surface area contributed by atoms with Crippen LogP contribution in [0.3, 0.4) is 0 Å². The highest BCUT2D eigenvalue weighted by atomic mass is 35.5. The minimum Gasteiger partial charge on any atom is -0.338 e. The van der Waals surface area contributed by atoms with E-state index >= 15 is 0 Å². The molecule has 1 atom stereocenters. The maximum Gasteiger partial charge on any atom is 0.161 e. The van der Waals surface area contributed by atoms with E-state index in [4.69, 9.17) is 11.6 Å². The van der Waals surface area contributed by atoms with Gasteiger partial charge in [-0.05, 0) is 37.1 Å². The van der Waals surface area contributed by atoms with Gasteiger partial charge in [0.1, 0.15) is 6.33 Å². The molecule has 29 heavy (non-hydrogen) atoms. The van der Waals surface area contributed by atoms with Crippen LogP contribution in [0.5, 0.6) is 0 Å². The molecule has 0 bridgehead atoms. The Morgan fingerprint density at radius 2 is 1.93 bits per heavy atom. The smallest absolute Gasteiger partial charge is 0.161 e. The van der Waals surface area contributed by atoms with E-state index < -0.39 is 0 Å². The van der Waals surface area contributed by atoms with Crippen LogP contribution in [0.15, 0.2) is 66.5 Å². The van der Waals surface area contributed by atoms with E-state index in [0.717, 1.165) is 33.9 Å². The number of benzene rings is 2. The minimum absolute atomic E-state index is 0.402. The van der Waals surface area contributed by atoms with Crippen molar-refractivity contribution in [1.29, 1.82) is 0 Å². The normalized spacial score (nSPS) is 16.7. The molecule has 0 saturated carbocycles. The van der Waals surface area contributed by atoms with Gasteiger partial charge in [-0.15, -0.1) is 10.2 Å². The quantitative estimate of drug-likeness (QED) is 0.443. The first kappa shape index (κ1) is 17.9. The van der Waals surface area contributed by atoms with Crippen LogP contribution in [0, 0.1) is 5.92 Å². The van der Waals surface area contributed by atoms with Crippen molar-refractivity contribution in [3.63, 3.8) is 0 Å². The topological polar surface area (TPSA) is 55.6 Å². The first-order valence-electron chi connectivity index (χ1n) is 9.64. The molecule has 1 aliphatic rings.